The zero-order valence-corrected chi connectivity index (χ0v) is 18.1. The van der Waals surface area contributed by atoms with E-state index >= 15 is 0 Å². The molecule has 0 atom stereocenters. The van der Waals surface area contributed by atoms with Crippen LogP contribution in [0.25, 0.3) is 0 Å². The number of amides is 2. The molecule has 10 heteroatoms. The molecule has 2 saturated heterocycles. The van der Waals surface area contributed by atoms with Crippen LogP contribution in [0.15, 0.2) is 21.7 Å². The van der Waals surface area contributed by atoms with Gasteiger partial charge in [-0.15, -0.1) is 11.3 Å². The topological polar surface area (TPSA) is 90.0 Å². The number of piperidine rings is 1. The monoisotopic (exact) mass is 440 g/mol. The summed E-state index contributed by atoms with van der Waals surface area (Å²) in [7, 11) is -3.43. The van der Waals surface area contributed by atoms with Gasteiger partial charge in [0.25, 0.3) is 10.0 Å². The van der Waals surface area contributed by atoms with Crippen molar-refractivity contribution in [2.45, 2.75) is 35.9 Å². The van der Waals surface area contributed by atoms with Crippen molar-refractivity contribution < 1.29 is 18.0 Å². The molecule has 1 aromatic heterocycles. The van der Waals surface area contributed by atoms with E-state index in [1.54, 1.807) is 17.5 Å². The average molecular weight is 441 g/mol. The Morgan fingerprint density at radius 1 is 1.03 bits per heavy atom. The molecule has 0 radical (unpaired) electrons. The summed E-state index contributed by atoms with van der Waals surface area (Å²) < 4.78 is 27.1. The van der Waals surface area contributed by atoms with Gasteiger partial charge in [0, 0.05) is 51.2 Å². The predicted molar refractivity (Wildman–Crippen MR) is 110 cm³/mol. The highest BCUT2D eigenvalue weighted by molar-refractivity contribution is 7.91. The molecule has 3 fully saturated rings. The van der Waals surface area contributed by atoms with E-state index < -0.39 is 10.0 Å². The fourth-order valence-electron chi connectivity index (χ4n) is 3.97. The Morgan fingerprint density at radius 2 is 1.72 bits per heavy atom. The predicted octanol–water partition coefficient (Wildman–Crippen LogP) is 0.572. The van der Waals surface area contributed by atoms with Gasteiger partial charge in [-0.25, -0.2) is 8.42 Å². The van der Waals surface area contributed by atoms with Gasteiger partial charge in [-0.1, -0.05) is 6.07 Å². The summed E-state index contributed by atoms with van der Waals surface area (Å²) >= 11 is 1.23. The van der Waals surface area contributed by atoms with Crippen LogP contribution in [-0.2, 0) is 19.6 Å². The number of hydrogen-bond acceptors (Lipinski definition) is 6. The third kappa shape index (κ3) is 4.99. The Bertz CT molecular complexity index is 822. The highest BCUT2D eigenvalue weighted by atomic mass is 32.2. The van der Waals surface area contributed by atoms with E-state index in [9.17, 15) is 18.0 Å². The van der Waals surface area contributed by atoms with Crippen molar-refractivity contribution in [3.8, 4) is 0 Å². The van der Waals surface area contributed by atoms with Gasteiger partial charge in [-0.2, -0.15) is 4.31 Å². The van der Waals surface area contributed by atoms with E-state index in [1.165, 1.54) is 15.6 Å². The van der Waals surface area contributed by atoms with Gasteiger partial charge in [0.05, 0.1) is 6.54 Å². The molecule has 1 saturated carbocycles. The highest BCUT2D eigenvalue weighted by Gasteiger charge is 2.35. The molecule has 0 bridgehead atoms. The van der Waals surface area contributed by atoms with Crippen LogP contribution in [0.1, 0.15) is 25.7 Å². The van der Waals surface area contributed by atoms with Crippen molar-refractivity contribution >= 4 is 33.2 Å². The van der Waals surface area contributed by atoms with Crippen molar-refractivity contribution in [2.75, 3.05) is 45.8 Å². The van der Waals surface area contributed by atoms with Gasteiger partial charge in [0.15, 0.2) is 0 Å². The maximum absolute atomic E-state index is 12.9. The second kappa shape index (κ2) is 8.71. The van der Waals surface area contributed by atoms with Crippen LogP contribution in [0, 0.1) is 5.92 Å². The van der Waals surface area contributed by atoms with Crippen LogP contribution >= 0.6 is 11.3 Å². The molecule has 1 aliphatic carbocycles. The lowest BCUT2D eigenvalue weighted by Crippen LogP contribution is -2.53. The fourth-order valence-corrected chi connectivity index (χ4v) is 6.58. The second-order valence-corrected chi connectivity index (χ2v) is 11.2. The van der Waals surface area contributed by atoms with Crippen LogP contribution in [0.2, 0.25) is 0 Å². The summed E-state index contributed by atoms with van der Waals surface area (Å²) in [5, 5.41) is 4.76. The number of carbonyl (C=O) groups is 2. The van der Waals surface area contributed by atoms with Crippen LogP contribution in [0.4, 0.5) is 0 Å². The number of sulfonamides is 1. The van der Waals surface area contributed by atoms with Crippen molar-refractivity contribution in [3.05, 3.63) is 17.5 Å². The van der Waals surface area contributed by atoms with Gasteiger partial charge in [0.2, 0.25) is 11.8 Å². The third-order valence-electron chi connectivity index (χ3n) is 5.89. The minimum atomic E-state index is -3.43. The second-order valence-electron chi connectivity index (χ2n) is 8.05. The number of nitrogens with one attached hydrogen (secondary N) is 1. The van der Waals surface area contributed by atoms with Gasteiger partial charge < -0.3 is 10.2 Å². The summed E-state index contributed by atoms with van der Waals surface area (Å²) in [6.45, 7) is 3.84. The van der Waals surface area contributed by atoms with Crippen molar-refractivity contribution in [1.82, 2.24) is 19.4 Å². The lowest BCUT2D eigenvalue weighted by Gasteiger charge is -2.38. The zero-order valence-electron chi connectivity index (χ0n) is 16.5. The molecule has 3 aliphatic rings. The summed E-state index contributed by atoms with van der Waals surface area (Å²) in [6.07, 6.45) is 3.30. The summed E-state index contributed by atoms with van der Waals surface area (Å²) in [5.74, 6) is 0.0846. The molecule has 8 nitrogen and oxygen atoms in total. The van der Waals surface area contributed by atoms with E-state index in [-0.39, 0.29) is 17.7 Å². The Balaban J connectivity index is 1.22. The SMILES string of the molecule is O=C(CN1CCN(C(=O)C2CCN(S(=O)(=O)c3cccs3)CC2)CC1)NC1CC1. The summed E-state index contributed by atoms with van der Waals surface area (Å²) in [4.78, 5) is 28.8. The molecule has 29 heavy (non-hydrogen) atoms. The molecule has 2 amide bonds. The molecular weight excluding hydrogens is 412 g/mol. The third-order valence-corrected chi connectivity index (χ3v) is 9.16. The smallest absolute Gasteiger partial charge is 0.252 e. The average Bonchev–Trinajstić information content (AvgIpc) is 3.34. The first-order chi connectivity index (χ1) is 13.9. The maximum atomic E-state index is 12.9. The number of carbonyl (C=O) groups excluding carboxylic acids is 2. The quantitative estimate of drug-likeness (QED) is 0.699. The summed E-state index contributed by atoms with van der Waals surface area (Å²) in [6, 6.07) is 3.74. The standard InChI is InChI=1S/C19H28N4O4S2/c24-17(20-16-3-4-16)14-21-9-11-22(12-10-21)19(25)15-5-7-23(8-6-15)29(26,27)18-2-1-13-28-18/h1-2,13,15-16H,3-12,14H2,(H,20,24). The largest absolute Gasteiger partial charge is 0.352 e. The molecule has 0 unspecified atom stereocenters. The number of nitrogens with zero attached hydrogens (tertiary/aromatic N) is 3. The number of hydrogen-bond donors (Lipinski definition) is 1. The first kappa shape index (κ1) is 20.8. The van der Waals surface area contributed by atoms with E-state index in [0.29, 0.717) is 68.9 Å². The van der Waals surface area contributed by atoms with Crippen molar-refractivity contribution in [1.29, 1.82) is 0 Å². The first-order valence-electron chi connectivity index (χ1n) is 10.3. The number of rotatable bonds is 6. The van der Waals surface area contributed by atoms with Gasteiger partial charge in [-0.05, 0) is 37.1 Å². The van der Waals surface area contributed by atoms with Gasteiger partial charge >= 0.3 is 0 Å². The van der Waals surface area contributed by atoms with Crippen LogP contribution in [0.5, 0.6) is 0 Å². The highest BCUT2D eigenvalue weighted by Crippen LogP contribution is 2.27. The normalized spacial score (nSPS) is 22.6. The number of piperazine rings is 1. The Hall–Kier alpha value is -1.49. The molecule has 160 valence electrons. The van der Waals surface area contributed by atoms with Crippen LogP contribution in [-0.4, -0.2) is 86.2 Å². The van der Waals surface area contributed by atoms with E-state index in [1.807, 2.05) is 4.90 Å². The summed E-state index contributed by atoms with van der Waals surface area (Å²) in [5.41, 5.74) is 0. The minimum Gasteiger partial charge on any atom is -0.352 e. The molecule has 3 heterocycles. The fraction of sp³-hybridized carbons (Fsp3) is 0.684. The Morgan fingerprint density at radius 3 is 2.31 bits per heavy atom. The molecule has 0 aromatic carbocycles. The lowest BCUT2D eigenvalue weighted by atomic mass is 9.96. The molecule has 2 aliphatic heterocycles. The molecule has 4 rings (SSSR count). The maximum Gasteiger partial charge on any atom is 0.252 e. The Kier molecular flexibility index (Phi) is 6.24. The van der Waals surface area contributed by atoms with Gasteiger partial charge in [0.1, 0.15) is 4.21 Å². The van der Waals surface area contributed by atoms with Crippen LogP contribution in [0.3, 0.4) is 0 Å². The molecular formula is C19H28N4O4S2. The lowest BCUT2D eigenvalue weighted by molar-refractivity contribution is -0.138. The van der Waals surface area contributed by atoms with Crippen LogP contribution < -0.4 is 5.32 Å². The zero-order chi connectivity index (χ0) is 20.4. The Labute approximate surface area is 175 Å². The first-order valence-corrected chi connectivity index (χ1v) is 12.6. The van der Waals surface area contributed by atoms with E-state index in [2.05, 4.69) is 10.2 Å². The molecule has 1 aromatic rings. The van der Waals surface area contributed by atoms with E-state index in [4.69, 9.17) is 0 Å². The minimum absolute atomic E-state index is 0.0756. The number of thiophene rings is 1. The van der Waals surface area contributed by atoms with Crippen molar-refractivity contribution in [3.63, 3.8) is 0 Å². The molecule has 1 N–H and O–H groups in total. The molecule has 0 spiro atoms. The van der Waals surface area contributed by atoms with E-state index in [0.717, 1.165) is 12.8 Å². The van der Waals surface area contributed by atoms with Gasteiger partial charge in [-0.3, -0.25) is 14.5 Å². The van der Waals surface area contributed by atoms with Crippen molar-refractivity contribution in [2.24, 2.45) is 5.92 Å².